The first kappa shape index (κ1) is 10.0. The third-order valence-corrected chi connectivity index (χ3v) is 1.64. The number of ether oxygens (including phenoxy) is 3. The molecular formula is C8H13NO4. The SMILES string of the molecule is COc1cc(CC(OC)OC)no1. The number of rotatable bonds is 5. The van der Waals surface area contributed by atoms with Crippen LogP contribution in [0.4, 0.5) is 0 Å². The molecule has 0 aliphatic rings. The van der Waals surface area contributed by atoms with Crippen LogP contribution in [0.5, 0.6) is 5.95 Å². The van der Waals surface area contributed by atoms with Crippen molar-refractivity contribution in [2.45, 2.75) is 12.7 Å². The van der Waals surface area contributed by atoms with Crippen molar-refractivity contribution >= 4 is 0 Å². The van der Waals surface area contributed by atoms with Crippen LogP contribution in [0, 0.1) is 0 Å². The van der Waals surface area contributed by atoms with Crippen LogP contribution in [0.15, 0.2) is 10.6 Å². The molecule has 0 N–H and O–H groups in total. The van der Waals surface area contributed by atoms with Gasteiger partial charge in [0.1, 0.15) is 0 Å². The molecule has 0 atom stereocenters. The van der Waals surface area contributed by atoms with E-state index in [0.717, 1.165) is 5.69 Å². The van der Waals surface area contributed by atoms with Gasteiger partial charge in [0.25, 0.3) is 0 Å². The minimum atomic E-state index is -0.296. The predicted molar refractivity (Wildman–Crippen MR) is 44.6 cm³/mol. The molecule has 0 saturated carbocycles. The molecule has 0 aromatic carbocycles. The van der Waals surface area contributed by atoms with Crippen molar-refractivity contribution < 1.29 is 18.7 Å². The normalized spacial score (nSPS) is 10.8. The lowest BCUT2D eigenvalue weighted by Gasteiger charge is -2.10. The Labute approximate surface area is 76.6 Å². The largest absolute Gasteiger partial charge is 0.467 e. The van der Waals surface area contributed by atoms with Crippen molar-refractivity contribution in [3.8, 4) is 5.95 Å². The summed E-state index contributed by atoms with van der Waals surface area (Å²) in [4.78, 5) is 0. The van der Waals surface area contributed by atoms with Crippen molar-refractivity contribution in [3.05, 3.63) is 11.8 Å². The van der Waals surface area contributed by atoms with E-state index in [4.69, 9.17) is 18.7 Å². The molecule has 0 unspecified atom stereocenters. The van der Waals surface area contributed by atoms with Gasteiger partial charge in [-0.1, -0.05) is 5.16 Å². The summed E-state index contributed by atoms with van der Waals surface area (Å²) in [6, 6.07) is 1.70. The van der Waals surface area contributed by atoms with Gasteiger partial charge in [-0.05, 0) is 0 Å². The number of hydrogen-bond donors (Lipinski definition) is 0. The maximum Gasteiger partial charge on any atom is 0.311 e. The van der Waals surface area contributed by atoms with E-state index in [1.54, 1.807) is 20.3 Å². The van der Waals surface area contributed by atoms with E-state index in [2.05, 4.69) is 5.16 Å². The van der Waals surface area contributed by atoms with Gasteiger partial charge in [0.2, 0.25) is 0 Å². The molecule has 5 nitrogen and oxygen atoms in total. The highest BCUT2D eigenvalue weighted by atomic mass is 16.7. The van der Waals surface area contributed by atoms with E-state index in [1.165, 1.54) is 7.11 Å². The highest BCUT2D eigenvalue weighted by molar-refractivity contribution is 5.10. The first-order chi connectivity index (χ1) is 6.30. The van der Waals surface area contributed by atoms with Crippen molar-refractivity contribution in [1.82, 2.24) is 5.16 Å². The summed E-state index contributed by atoms with van der Waals surface area (Å²) in [6.07, 6.45) is 0.245. The molecule has 1 aromatic heterocycles. The average molecular weight is 187 g/mol. The van der Waals surface area contributed by atoms with Crippen LogP contribution in [-0.2, 0) is 15.9 Å². The molecule has 0 aliphatic carbocycles. The maximum atomic E-state index is 5.00. The fourth-order valence-corrected chi connectivity index (χ4v) is 0.918. The molecule has 0 fully saturated rings. The van der Waals surface area contributed by atoms with Gasteiger partial charge in [0.15, 0.2) is 6.29 Å². The molecular weight excluding hydrogens is 174 g/mol. The standard InChI is InChI=1S/C8H13NO4/c1-10-7(11-2)4-6-5-8(12-3)13-9-6/h5,7H,4H2,1-3H3. The molecule has 1 rings (SSSR count). The summed E-state index contributed by atoms with van der Waals surface area (Å²) in [5, 5.41) is 3.76. The highest BCUT2D eigenvalue weighted by Crippen LogP contribution is 2.13. The molecule has 5 heteroatoms. The number of nitrogens with zero attached hydrogens (tertiary/aromatic N) is 1. The van der Waals surface area contributed by atoms with Gasteiger partial charge in [0, 0.05) is 26.7 Å². The highest BCUT2D eigenvalue weighted by Gasteiger charge is 2.11. The van der Waals surface area contributed by atoms with E-state index >= 15 is 0 Å². The predicted octanol–water partition coefficient (Wildman–Crippen LogP) is 0.845. The van der Waals surface area contributed by atoms with Crippen LogP contribution < -0.4 is 4.74 Å². The molecule has 13 heavy (non-hydrogen) atoms. The molecule has 74 valence electrons. The lowest BCUT2D eigenvalue weighted by Crippen LogP contribution is -2.16. The Bertz CT molecular complexity index is 244. The smallest absolute Gasteiger partial charge is 0.311 e. The quantitative estimate of drug-likeness (QED) is 0.639. The van der Waals surface area contributed by atoms with Gasteiger partial charge in [-0.3, -0.25) is 0 Å². The molecule has 0 radical (unpaired) electrons. The van der Waals surface area contributed by atoms with E-state index < -0.39 is 0 Å². The minimum Gasteiger partial charge on any atom is -0.467 e. The Kier molecular flexibility index (Phi) is 3.72. The molecule has 1 heterocycles. The van der Waals surface area contributed by atoms with E-state index in [0.29, 0.717) is 12.4 Å². The van der Waals surface area contributed by atoms with Gasteiger partial charge >= 0.3 is 5.95 Å². The lowest BCUT2D eigenvalue weighted by molar-refractivity contribution is -0.101. The molecule has 0 spiro atoms. The van der Waals surface area contributed by atoms with Crippen molar-refractivity contribution in [2.75, 3.05) is 21.3 Å². The number of aromatic nitrogens is 1. The Balaban J connectivity index is 2.52. The zero-order chi connectivity index (χ0) is 9.68. The number of hydrogen-bond acceptors (Lipinski definition) is 5. The van der Waals surface area contributed by atoms with Gasteiger partial charge in [-0.25, -0.2) is 0 Å². The zero-order valence-electron chi connectivity index (χ0n) is 7.94. The summed E-state index contributed by atoms with van der Waals surface area (Å²) in [5.41, 5.74) is 0.741. The van der Waals surface area contributed by atoms with Crippen LogP contribution in [-0.4, -0.2) is 32.8 Å². The average Bonchev–Trinajstić information content (AvgIpc) is 2.61. The molecule has 0 saturated heterocycles. The fraction of sp³-hybridized carbons (Fsp3) is 0.625. The Morgan fingerprint density at radius 3 is 2.54 bits per heavy atom. The Morgan fingerprint density at radius 1 is 1.38 bits per heavy atom. The second-order valence-corrected chi connectivity index (χ2v) is 2.45. The molecule has 0 amide bonds. The minimum absolute atomic E-state index is 0.296. The Hall–Kier alpha value is -1.07. The fourth-order valence-electron chi connectivity index (χ4n) is 0.918. The maximum absolute atomic E-state index is 5.00. The summed E-state index contributed by atoms with van der Waals surface area (Å²) in [6.45, 7) is 0. The summed E-state index contributed by atoms with van der Waals surface area (Å²) in [7, 11) is 4.67. The van der Waals surface area contributed by atoms with E-state index in [1.807, 2.05) is 0 Å². The monoisotopic (exact) mass is 187 g/mol. The van der Waals surface area contributed by atoms with Crippen molar-refractivity contribution in [1.29, 1.82) is 0 Å². The van der Waals surface area contributed by atoms with Crippen LogP contribution in [0.3, 0.4) is 0 Å². The van der Waals surface area contributed by atoms with E-state index in [9.17, 15) is 0 Å². The third kappa shape index (κ3) is 2.71. The van der Waals surface area contributed by atoms with Gasteiger partial charge < -0.3 is 18.7 Å². The first-order valence-electron chi connectivity index (χ1n) is 3.85. The number of methoxy groups -OCH3 is 3. The van der Waals surface area contributed by atoms with Crippen LogP contribution >= 0.6 is 0 Å². The van der Waals surface area contributed by atoms with Gasteiger partial charge in [-0.15, -0.1) is 0 Å². The first-order valence-corrected chi connectivity index (χ1v) is 3.85. The third-order valence-electron chi connectivity index (χ3n) is 1.64. The lowest BCUT2D eigenvalue weighted by atomic mass is 10.3. The van der Waals surface area contributed by atoms with Crippen molar-refractivity contribution in [3.63, 3.8) is 0 Å². The Morgan fingerprint density at radius 2 is 2.08 bits per heavy atom. The van der Waals surface area contributed by atoms with Gasteiger partial charge in [-0.2, -0.15) is 0 Å². The molecule has 0 bridgehead atoms. The van der Waals surface area contributed by atoms with E-state index in [-0.39, 0.29) is 6.29 Å². The van der Waals surface area contributed by atoms with Crippen LogP contribution in [0.25, 0.3) is 0 Å². The molecule has 0 aliphatic heterocycles. The second kappa shape index (κ2) is 4.84. The summed E-state index contributed by atoms with van der Waals surface area (Å²) < 4.78 is 19.7. The summed E-state index contributed by atoms with van der Waals surface area (Å²) >= 11 is 0. The van der Waals surface area contributed by atoms with Crippen molar-refractivity contribution in [2.24, 2.45) is 0 Å². The van der Waals surface area contributed by atoms with Crippen LogP contribution in [0.2, 0.25) is 0 Å². The molecule has 1 aromatic rings. The summed E-state index contributed by atoms with van der Waals surface area (Å²) in [5.74, 6) is 0.390. The topological polar surface area (TPSA) is 53.7 Å². The van der Waals surface area contributed by atoms with Crippen LogP contribution in [0.1, 0.15) is 5.69 Å². The van der Waals surface area contributed by atoms with Gasteiger partial charge in [0.05, 0.1) is 12.8 Å². The zero-order valence-corrected chi connectivity index (χ0v) is 7.94. The second-order valence-electron chi connectivity index (χ2n) is 2.45.